The lowest BCUT2D eigenvalue weighted by molar-refractivity contribution is -0.122. The summed E-state index contributed by atoms with van der Waals surface area (Å²) in [6.07, 6.45) is 3.10. The molecule has 3 rings (SSSR count). The molecule has 1 aromatic heterocycles. The lowest BCUT2D eigenvalue weighted by atomic mass is 9.97. The van der Waals surface area contributed by atoms with Gasteiger partial charge in [-0.15, -0.1) is 0 Å². The minimum Gasteiger partial charge on any atom is -0.369 e. The molecule has 2 amide bonds. The molecule has 0 bridgehead atoms. The summed E-state index contributed by atoms with van der Waals surface area (Å²) in [4.78, 5) is 29.9. The molecule has 30 heavy (non-hydrogen) atoms. The summed E-state index contributed by atoms with van der Waals surface area (Å²) < 4.78 is 25.4. The first-order chi connectivity index (χ1) is 14.2. The van der Waals surface area contributed by atoms with E-state index in [1.54, 1.807) is 36.4 Å². The van der Waals surface area contributed by atoms with Crippen molar-refractivity contribution < 1.29 is 18.0 Å². The third-order valence-corrected chi connectivity index (χ3v) is 6.77. The first-order valence-corrected chi connectivity index (χ1v) is 12.1. The van der Waals surface area contributed by atoms with Crippen LogP contribution in [-0.2, 0) is 25.2 Å². The van der Waals surface area contributed by atoms with E-state index >= 15 is 0 Å². The Balaban J connectivity index is 1.57. The number of anilines is 2. The lowest BCUT2D eigenvalue weighted by Gasteiger charge is -2.32. The van der Waals surface area contributed by atoms with Crippen LogP contribution >= 0.6 is 15.9 Å². The number of carbonyl (C=O) groups is 2. The number of halogens is 1. The summed E-state index contributed by atoms with van der Waals surface area (Å²) in [5.41, 5.74) is 6.43. The Morgan fingerprint density at radius 3 is 2.73 bits per heavy atom. The largest absolute Gasteiger partial charge is 0.369 e. The Morgan fingerprint density at radius 2 is 2.07 bits per heavy atom. The van der Waals surface area contributed by atoms with Gasteiger partial charge < -0.3 is 16.0 Å². The second kappa shape index (κ2) is 9.57. The normalized spacial score (nSPS) is 16.8. The van der Waals surface area contributed by atoms with Crippen molar-refractivity contribution >= 4 is 49.1 Å². The molecule has 2 heterocycles. The van der Waals surface area contributed by atoms with Gasteiger partial charge in [0.25, 0.3) is 0 Å². The summed E-state index contributed by atoms with van der Waals surface area (Å²) in [6, 6.07) is 10.4. The highest BCUT2D eigenvalue weighted by Crippen LogP contribution is 2.22. The number of nitrogens with one attached hydrogen (secondary N) is 1. The van der Waals surface area contributed by atoms with E-state index < -0.39 is 21.5 Å². The second-order valence-corrected chi connectivity index (χ2v) is 10.3. The number of sulfone groups is 1. The Morgan fingerprint density at radius 1 is 1.27 bits per heavy atom. The Kier molecular flexibility index (Phi) is 7.09. The van der Waals surface area contributed by atoms with Crippen molar-refractivity contribution in [1.82, 2.24) is 4.98 Å². The van der Waals surface area contributed by atoms with Crippen LogP contribution in [-0.4, -0.2) is 44.1 Å². The zero-order valence-electron chi connectivity index (χ0n) is 16.3. The number of hydrogen-bond acceptors (Lipinski definition) is 6. The molecule has 0 spiro atoms. The van der Waals surface area contributed by atoms with Crippen molar-refractivity contribution in [2.75, 3.05) is 29.1 Å². The van der Waals surface area contributed by atoms with Crippen LogP contribution in [0.4, 0.5) is 11.5 Å². The number of piperidine rings is 1. The molecule has 10 heteroatoms. The quantitative estimate of drug-likeness (QED) is 0.607. The third-order valence-electron chi connectivity index (χ3n) is 4.81. The summed E-state index contributed by atoms with van der Waals surface area (Å²) in [5.74, 6) is -1.28. The zero-order chi connectivity index (χ0) is 21.7. The van der Waals surface area contributed by atoms with Gasteiger partial charge in [0.1, 0.15) is 11.6 Å². The smallest absolute Gasteiger partial charge is 0.239 e. The summed E-state index contributed by atoms with van der Waals surface area (Å²) in [5, 5.41) is 2.57. The van der Waals surface area contributed by atoms with Crippen molar-refractivity contribution in [3.63, 3.8) is 0 Å². The lowest BCUT2D eigenvalue weighted by Crippen LogP contribution is -2.41. The highest BCUT2D eigenvalue weighted by Gasteiger charge is 2.24. The summed E-state index contributed by atoms with van der Waals surface area (Å²) in [6.45, 7) is 1.29. The van der Waals surface area contributed by atoms with Crippen LogP contribution in [0.25, 0.3) is 0 Å². The number of pyridine rings is 1. The number of primary amides is 1. The fourth-order valence-corrected chi connectivity index (χ4v) is 5.10. The predicted octanol–water partition coefficient (Wildman–Crippen LogP) is 2.10. The summed E-state index contributed by atoms with van der Waals surface area (Å²) in [7, 11) is -3.62. The molecule has 0 saturated carbocycles. The predicted molar refractivity (Wildman–Crippen MR) is 119 cm³/mol. The first kappa shape index (κ1) is 22.2. The molecule has 0 radical (unpaired) electrons. The minimum atomic E-state index is -3.62. The van der Waals surface area contributed by atoms with E-state index in [-0.39, 0.29) is 17.6 Å². The first-order valence-electron chi connectivity index (χ1n) is 9.47. The molecular weight excluding hydrogens is 472 g/mol. The number of aromatic nitrogens is 1. The van der Waals surface area contributed by atoms with Gasteiger partial charge >= 0.3 is 0 Å². The highest BCUT2D eigenvalue weighted by molar-refractivity contribution is 9.10. The monoisotopic (exact) mass is 494 g/mol. The van der Waals surface area contributed by atoms with Gasteiger partial charge in [0.15, 0.2) is 9.84 Å². The molecule has 8 nitrogen and oxygen atoms in total. The molecule has 160 valence electrons. The average Bonchev–Trinajstić information content (AvgIpc) is 2.67. The number of benzene rings is 1. The number of carbonyl (C=O) groups excluding carboxylic acids is 2. The van der Waals surface area contributed by atoms with Crippen molar-refractivity contribution in [3.05, 3.63) is 52.6 Å². The number of amides is 2. The average molecular weight is 495 g/mol. The topological polar surface area (TPSA) is 122 Å². The molecule has 1 aliphatic heterocycles. The van der Waals surface area contributed by atoms with Crippen LogP contribution in [0.3, 0.4) is 0 Å². The fraction of sp³-hybridized carbons (Fsp3) is 0.350. The number of hydrogen-bond donors (Lipinski definition) is 2. The maximum absolute atomic E-state index is 12.3. The van der Waals surface area contributed by atoms with Crippen LogP contribution in [0.5, 0.6) is 0 Å². The van der Waals surface area contributed by atoms with E-state index in [2.05, 4.69) is 26.2 Å². The van der Waals surface area contributed by atoms with Crippen LogP contribution in [0.2, 0.25) is 0 Å². The Hall–Kier alpha value is -2.46. The highest BCUT2D eigenvalue weighted by atomic mass is 79.9. The number of nitrogens with two attached hydrogens (primary N) is 1. The van der Waals surface area contributed by atoms with Gasteiger partial charge in [0.05, 0.1) is 23.6 Å². The van der Waals surface area contributed by atoms with Gasteiger partial charge in [-0.2, -0.15) is 0 Å². The van der Waals surface area contributed by atoms with Gasteiger partial charge in [-0.1, -0.05) is 28.1 Å². The van der Waals surface area contributed by atoms with E-state index in [1.165, 1.54) is 6.20 Å². The maximum Gasteiger partial charge on any atom is 0.239 e. The van der Waals surface area contributed by atoms with E-state index in [1.807, 2.05) is 4.90 Å². The van der Waals surface area contributed by atoms with Crippen LogP contribution in [0.1, 0.15) is 18.4 Å². The fourth-order valence-electron chi connectivity index (χ4n) is 3.39. The van der Waals surface area contributed by atoms with E-state index in [9.17, 15) is 18.0 Å². The third kappa shape index (κ3) is 6.27. The van der Waals surface area contributed by atoms with Gasteiger partial charge in [-0.3, -0.25) is 9.59 Å². The molecule has 1 aliphatic rings. The van der Waals surface area contributed by atoms with E-state index in [4.69, 9.17) is 5.73 Å². The molecule has 1 aromatic carbocycles. The van der Waals surface area contributed by atoms with Crippen LogP contribution < -0.4 is 16.0 Å². The standard InChI is InChI=1S/C20H23BrN4O4S/c21-16-5-1-3-14(9-16)12-30(28,29)13-19(26)24-17-6-7-18(23-10-17)25-8-2-4-15(11-25)20(22)27/h1,3,5-7,9-10,15H,2,4,8,11-13H2,(H2,22,27)(H,24,26). The van der Waals surface area contributed by atoms with Gasteiger partial charge in [-0.25, -0.2) is 13.4 Å². The van der Waals surface area contributed by atoms with Gasteiger partial charge in [0, 0.05) is 17.6 Å². The summed E-state index contributed by atoms with van der Waals surface area (Å²) >= 11 is 3.30. The van der Waals surface area contributed by atoms with Crippen LogP contribution in [0, 0.1) is 5.92 Å². The molecule has 1 unspecified atom stereocenters. The van der Waals surface area contributed by atoms with Gasteiger partial charge in [-0.05, 0) is 42.7 Å². The van der Waals surface area contributed by atoms with Crippen molar-refractivity contribution in [2.45, 2.75) is 18.6 Å². The molecule has 2 aromatic rings. The van der Waals surface area contributed by atoms with Crippen molar-refractivity contribution in [2.24, 2.45) is 11.7 Å². The van der Waals surface area contributed by atoms with Crippen molar-refractivity contribution in [3.8, 4) is 0 Å². The minimum absolute atomic E-state index is 0.199. The molecule has 1 saturated heterocycles. The molecule has 1 atom stereocenters. The second-order valence-electron chi connectivity index (χ2n) is 7.30. The Bertz CT molecular complexity index is 1030. The Labute approximate surface area is 183 Å². The maximum atomic E-state index is 12.3. The van der Waals surface area contributed by atoms with Crippen LogP contribution in [0.15, 0.2) is 47.1 Å². The molecule has 0 aliphatic carbocycles. The molecule has 1 fully saturated rings. The van der Waals surface area contributed by atoms with E-state index in [0.717, 1.165) is 23.9 Å². The van der Waals surface area contributed by atoms with Gasteiger partial charge in [0.2, 0.25) is 11.8 Å². The number of rotatable bonds is 7. The number of nitrogens with zero attached hydrogens (tertiary/aromatic N) is 2. The molecular formula is C20H23BrN4O4S. The molecule has 3 N–H and O–H groups in total. The zero-order valence-corrected chi connectivity index (χ0v) is 18.7. The van der Waals surface area contributed by atoms with E-state index in [0.29, 0.717) is 23.6 Å². The van der Waals surface area contributed by atoms with Crippen molar-refractivity contribution in [1.29, 1.82) is 0 Å². The SMILES string of the molecule is NC(=O)C1CCCN(c2ccc(NC(=O)CS(=O)(=O)Cc3cccc(Br)c3)cn2)C1.